The number of aromatic nitrogens is 3. The van der Waals surface area contributed by atoms with Crippen LogP contribution in [0.1, 0.15) is 24.2 Å². The number of aryl methyl sites for hydroxylation is 1. The number of rotatable bonds is 4. The van der Waals surface area contributed by atoms with Crippen molar-refractivity contribution in [2.75, 3.05) is 0 Å². The zero-order valence-electron chi connectivity index (χ0n) is 10.7. The van der Waals surface area contributed by atoms with Gasteiger partial charge in [-0.05, 0) is 29.1 Å². The van der Waals surface area contributed by atoms with Crippen LogP contribution in [-0.2, 0) is 19.6 Å². The maximum Gasteiger partial charge on any atom is 0.226 e. The van der Waals surface area contributed by atoms with Gasteiger partial charge in [0.1, 0.15) is 0 Å². The van der Waals surface area contributed by atoms with Gasteiger partial charge in [0, 0.05) is 18.1 Å². The Bertz CT molecular complexity index is 700. The van der Waals surface area contributed by atoms with E-state index in [1.807, 2.05) is 37.4 Å². The number of hydrogen-bond donors (Lipinski definition) is 1. The van der Waals surface area contributed by atoms with Gasteiger partial charge in [0.2, 0.25) is 5.89 Å². The molecular weight excluding hydrogens is 242 g/mol. The van der Waals surface area contributed by atoms with E-state index in [4.69, 9.17) is 9.63 Å². The van der Waals surface area contributed by atoms with Gasteiger partial charge in [-0.15, -0.1) is 0 Å². The van der Waals surface area contributed by atoms with Crippen LogP contribution in [0.2, 0.25) is 0 Å². The van der Waals surface area contributed by atoms with Gasteiger partial charge in [0.15, 0.2) is 5.82 Å². The molecule has 0 saturated heterocycles. The summed E-state index contributed by atoms with van der Waals surface area (Å²) in [5.41, 5.74) is 2.01. The van der Waals surface area contributed by atoms with Crippen LogP contribution < -0.4 is 0 Å². The highest BCUT2D eigenvalue weighted by Crippen LogP contribution is 2.18. The summed E-state index contributed by atoms with van der Waals surface area (Å²) in [6, 6.07) is 7.93. The number of aliphatic hydroxyl groups is 1. The first kappa shape index (κ1) is 11.9. The number of hydrogen-bond acceptors (Lipinski definition) is 4. The molecule has 0 radical (unpaired) electrons. The zero-order chi connectivity index (χ0) is 13.2. The second kappa shape index (κ2) is 4.85. The third kappa shape index (κ3) is 2.24. The van der Waals surface area contributed by atoms with E-state index in [0.29, 0.717) is 18.3 Å². The molecular formula is C14H15N3O2. The lowest BCUT2D eigenvalue weighted by Crippen LogP contribution is -2.00. The maximum atomic E-state index is 9.13. The van der Waals surface area contributed by atoms with Crippen LogP contribution in [-0.4, -0.2) is 19.8 Å². The fourth-order valence-corrected chi connectivity index (χ4v) is 2.14. The normalized spacial score (nSPS) is 11.3. The van der Waals surface area contributed by atoms with Gasteiger partial charge in [-0.25, -0.2) is 0 Å². The van der Waals surface area contributed by atoms with Gasteiger partial charge in [-0.2, -0.15) is 4.98 Å². The minimum Gasteiger partial charge on any atom is -0.392 e. The molecule has 1 aromatic carbocycles. The predicted molar refractivity (Wildman–Crippen MR) is 70.6 cm³/mol. The molecule has 0 unspecified atom stereocenters. The van der Waals surface area contributed by atoms with Crippen LogP contribution in [0.5, 0.6) is 0 Å². The summed E-state index contributed by atoms with van der Waals surface area (Å²) in [6.45, 7) is 2.63. The van der Waals surface area contributed by atoms with Gasteiger partial charge < -0.3 is 14.2 Å². The average molecular weight is 257 g/mol. The lowest BCUT2D eigenvalue weighted by Gasteiger charge is -2.02. The molecule has 0 amide bonds. The fourth-order valence-electron chi connectivity index (χ4n) is 2.14. The van der Waals surface area contributed by atoms with E-state index in [1.165, 1.54) is 0 Å². The van der Waals surface area contributed by atoms with Crippen molar-refractivity contribution >= 4 is 10.9 Å². The van der Waals surface area contributed by atoms with Gasteiger partial charge in [-0.1, -0.05) is 18.1 Å². The molecule has 0 fully saturated rings. The second-order valence-corrected chi connectivity index (χ2v) is 4.45. The van der Waals surface area contributed by atoms with Crippen LogP contribution in [0, 0.1) is 0 Å². The van der Waals surface area contributed by atoms with Crippen molar-refractivity contribution in [3.05, 3.63) is 47.7 Å². The lowest BCUT2D eigenvalue weighted by atomic mass is 10.2. The number of aliphatic hydroxyl groups excluding tert-OH is 1. The first-order valence-electron chi connectivity index (χ1n) is 6.30. The van der Waals surface area contributed by atoms with Crippen molar-refractivity contribution in [3.8, 4) is 0 Å². The Balaban J connectivity index is 1.92. The van der Waals surface area contributed by atoms with Crippen molar-refractivity contribution in [1.82, 2.24) is 14.7 Å². The van der Waals surface area contributed by atoms with Crippen molar-refractivity contribution in [1.29, 1.82) is 0 Å². The molecule has 2 heterocycles. The van der Waals surface area contributed by atoms with Gasteiger partial charge in [-0.3, -0.25) is 0 Å². The molecule has 2 aromatic heterocycles. The van der Waals surface area contributed by atoms with Crippen LogP contribution in [0.3, 0.4) is 0 Å². The third-order valence-electron chi connectivity index (χ3n) is 3.14. The first-order valence-corrected chi connectivity index (χ1v) is 6.30. The molecule has 0 bridgehead atoms. The molecule has 3 rings (SSSR count). The van der Waals surface area contributed by atoms with Crippen molar-refractivity contribution in [2.24, 2.45) is 0 Å². The Kier molecular flexibility index (Phi) is 3.05. The molecule has 5 nitrogen and oxygen atoms in total. The molecule has 0 aliphatic carbocycles. The summed E-state index contributed by atoms with van der Waals surface area (Å²) >= 11 is 0. The van der Waals surface area contributed by atoms with E-state index >= 15 is 0 Å². The van der Waals surface area contributed by atoms with Crippen LogP contribution in [0.25, 0.3) is 10.9 Å². The summed E-state index contributed by atoms with van der Waals surface area (Å²) in [7, 11) is 0. The summed E-state index contributed by atoms with van der Waals surface area (Å²) in [6.07, 6.45) is 2.74. The molecule has 19 heavy (non-hydrogen) atoms. The molecule has 98 valence electrons. The summed E-state index contributed by atoms with van der Waals surface area (Å²) in [5.74, 6) is 1.34. The number of nitrogens with zero attached hydrogens (tertiary/aromatic N) is 3. The van der Waals surface area contributed by atoms with Crippen LogP contribution >= 0.6 is 0 Å². The van der Waals surface area contributed by atoms with Crippen LogP contribution in [0.15, 0.2) is 35.0 Å². The average Bonchev–Trinajstić information content (AvgIpc) is 3.06. The monoisotopic (exact) mass is 257 g/mol. The molecule has 0 aliphatic heterocycles. The Morgan fingerprint density at radius 3 is 2.95 bits per heavy atom. The molecule has 0 spiro atoms. The smallest absolute Gasteiger partial charge is 0.226 e. The van der Waals surface area contributed by atoms with E-state index in [9.17, 15) is 0 Å². The van der Waals surface area contributed by atoms with Gasteiger partial charge in [0.25, 0.3) is 0 Å². The summed E-state index contributed by atoms with van der Waals surface area (Å²) in [5, 5.41) is 14.2. The summed E-state index contributed by atoms with van der Waals surface area (Å²) < 4.78 is 7.17. The molecule has 5 heteroatoms. The zero-order valence-corrected chi connectivity index (χ0v) is 10.7. The largest absolute Gasteiger partial charge is 0.392 e. The Labute approximate surface area is 110 Å². The van der Waals surface area contributed by atoms with E-state index in [1.54, 1.807) is 0 Å². The Hall–Kier alpha value is -2.14. The fraction of sp³-hybridized carbons (Fsp3) is 0.286. The molecule has 0 aliphatic rings. The standard InChI is InChI=1S/C14H15N3O2/c1-2-14-15-13(16-19-14)8-17-6-5-11-7-10(9-18)3-4-12(11)17/h3-7,18H,2,8-9H2,1H3. The Morgan fingerprint density at radius 2 is 2.21 bits per heavy atom. The van der Waals surface area contributed by atoms with E-state index in [2.05, 4.69) is 14.7 Å². The molecule has 3 aromatic rings. The van der Waals surface area contributed by atoms with E-state index in [0.717, 1.165) is 22.9 Å². The lowest BCUT2D eigenvalue weighted by molar-refractivity contribution is 0.282. The SMILES string of the molecule is CCc1nc(Cn2ccc3cc(CO)ccc32)no1. The highest BCUT2D eigenvalue weighted by molar-refractivity contribution is 5.80. The minimum atomic E-state index is 0.0613. The van der Waals surface area contributed by atoms with E-state index < -0.39 is 0 Å². The second-order valence-electron chi connectivity index (χ2n) is 4.45. The maximum absolute atomic E-state index is 9.13. The third-order valence-corrected chi connectivity index (χ3v) is 3.14. The highest BCUT2D eigenvalue weighted by Gasteiger charge is 2.07. The summed E-state index contributed by atoms with van der Waals surface area (Å²) in [4.78, 5) is 4.31. The number of benzene rings is 1. The molecule has 0 atom stereocenters. The topological polar surface area (TPSA) is 64.1 Å². The van der Waals surface area contributed by atoms with Crippen molar-refractivity contribution in [2.45, 2.75) is 26.5 Å². The highest BCUT2D eigenvalue weighted by atomic mass is 16.5. The first-order chi connectivity index (χ1) is 9.30. The van der Waals surface area contributed by atoms with Crippen molar-refractivity contribution < 1.29 is 9.63 Å². The van der Waals surface area contributed by atoms with Gasteiger partial charge >= 0.3 is 0 Å². The van der Waals surface area contributed by atoms with E-state index in [-0.39, 0.29) is 6.61 Å². The minimum absolute atomic E-state index is 0.0613. The van der Waals surface area contributed by atoms with Gasteiger partial charge in [0.05, 0.1) is 13.2 Å². The quantitative estimate of drug-likeness (QED) is 0.777. The Morgan fingerprint density at radius 1 is 1.32 bits per heavy atom. The predicted octanol–water partition coefficient (Wildman–Crippen LogP) is 2.13. The van der Waals surface area contributed by atoms with Crippen molar-refractivity contribution in [3.63, 3.8) is 0 Å². The molecule has 0 saturated carbocycles. The molecule has 1 N–H and O–H groups in total. The van der Waals surface area contributed by atoms with Crippen LogP contribution in [0.4, 0.5) is 0 Å². The number of fused-ring (bicyclic) bond motifs is 1.